The van der Waals surface area contributed by atoms with Crippen LogP contribution in [-0.2, 0) is 11.3 Å². The van der Waals surface area contributed by atoms with E-state index in [-0.39, 0.29) is 11.8 Å². The number of anilines is 1. The van der Waals surface area contributed by atoms with Gasteiger partial charge in [-0.3, -0.25) is 4.79 Å². The van der Waals surface area contributed by atoms with Gasteiger partial charge in [-0.05, 0) is 48.6 Å². The van der Waals surface area contributed by atoms with Crippen molar-refractivity contribution in [2.45, 2.75) is 19.4 Å². The summed E-state index contributed by atoms with van der Waals surface area (Å²) in [5, 5.41) is 6.33. The first-order valence-electron chi connectivity index (χ1n) is 9.75. The summed E-state index contributed by atoms with van der Waals surface area (Å²) in [7, 11) is 3.26. The van der Waals surface area contributed by atoms with Crippen molar-refractivity contribution in [2.24, 2.45) is 5.92 Å². The van der Waals surface area contributed by atoms with E-state index in [1.165, 1.54) is 10.1 Å². The number of ether oxygens (including phenoxy) is 2. The average Bonchev–Trinajstić information content (AvgIpc) is 3.26. The lowest BCUT2D eigenvalue weighted by molar-refractivity contribution is -0.125. The van der Waals surface area contributed by atoms with Gasteiger partial charge in [-0.2, -0.15) is 0 Å². The summed E-state index contributed by atoms with van der Waals surface area (Å²) >= 11 is 1.72. The SMILES string of the molecule is COc1ccc(OC)c(CNC(=O)[C@@H]2CCCN(c3nccc4sccc34)C2)c1. The second kappa shape index (κ2) is 8.69. The Balaban J connectivity index is 1.44. The number of nitrogens with zero attached hydrogens (tertiary/aromatic N) is 2. The molecule has 0 unspecified atom stereocenters. The van der Waals surface area contributed by atoms with Crippen LogP contribution < -0.4 is 19.7 Å². The molecule has 1 amide bonds. The maximum atomic E-state index is 12.9. The number of hydrogen-bond acceptors (Lipinski definition) is 6. The van der Waals surface area contributed by atoms with Crippen molar-refractivity contribution >= 4 is 33.1 Å². The van der Waals surface area contributed by atoms with Crippen molar-refractivity contribution in [3.05, 3.63) is 47.5 Å². The van der Waals surface area contributed by atoms with Gasteiger partial charge < -0.3 is 19.7 Å². The highest BCUT2D eigenvalue weighted by Gasteiger charge is 2.27. The van der Waals surface area contributed by atoms with Gasteiger partial charge in [0.15, 0.2) is 0 Å². The van der Waals surface area contributed by atoms with Crippen molar-refractivity contribution in [1.29, 1.82) is 0 Å². The highest BCUT2D eigenvalue weighted by atomic mass is 32.1. The van der Waals surface area contributed by atoms with E-state index in [0.717, 1.165) is 42.3 Å². The normalized spacial score (nSPS) is 16.6. The van der Waals surface area contributed by atoms with Gasteiger partial charge in [0.1, 0.15) is 17.3 Å². The molecule has 29 heavy (non-hydrogen) atoms. The van der Waals surface area contributed by atoms with E-state index in [2.05, 4.69) is 26.6 Å². The van der Waals surface area contributed by atoms with Crippen LogP contribution in [0.3, 0.4) is 0 Å². The van der Waals surface area contributed by atoms with Crippen molar-refractivity contribution in [3.8, 4) is 11.5 Å². The molecule has 1 atom stereocenters. The highest BCUT2D eigenvalue weighted by Crippen LogP contribution is 2.31. The fourth-order valence-electron chi connectivity index (χ4n) is 3.86. The van der Waals surface area contributed by atoms with E-state index in [1.54, 1.807) is 25.6 Å². The minimum absolute atomic E-state index is 0.0592. The van der Waals surface area contributed by atoms with E-state index in [1.807, 2.05) is 30.5 Å². The number of hydrogen-bond donors (Lipinski definition) is 1. The molecular formula is C22H25N3O3S. The van der Waals surface area contributed by atoms with Gasteiger partial charge in [-0.15, -0.1) is 11.3 Å². The topological polar surface area (TPSA) is 63.7 Å². The van der Waals surface area contributed by atoms with Crippen molar-refractivity contribution in [1.82, 2.24) is 10.3 Å². The summed E-state index contributed by atoms with van der Waals surface area (Å²) in [5.41, 5.74) is 0.901. The van der Waals surface area contributed by atoms with Gasteiger partial charge in [0.05, 0.1) is 20.1 Å². The molecule has 0 saturated carbocycles. The number of thiophene rings is 1. The highest BCUT2D eigenvalue weighted by molar-refractivity contribution is 7.17. The monoisotopic (exact) mass is 411 g/mol. The number of carbonyl (C=O) groups is 1. The molecule has 1 fully saturated rings. The Hall–Kier alpha value is -2.80. The molecule has 3 heterocycles. The molecule has 1 aliphatic rings. The van der Waals surface area contributed by atoms with Crippen LogP contribution in [0, 0.1) is 5.92 Å². The predicted molar refractivity (Wildman–Crippen MR) is 116 cm³/mol. The van der Waals surface area contributed by atoms with E-state index >= 15 is 0 Å². The number of carbonyl (C=O) groups excluding carboxylic acids is 1. The summed E-state index contributed by atoms with van der Waals surface area (Å²) in [6.45, 7) is 2.02. The Kier molecular flexibility index (Phi) is 5.85. The van der Waals surface area contributed by atoms with Crippen molar-refractivity contribution in [3.63, 3.8) is 0 Å². The third-order valence-electron chi connectivity index (χ3n) is 5.39. The largest absolute Gasteiger partial charge is 0.497 e. The molecule has 3 aromatic rings. The average molecular weight is 412 g/mol. The molecule has 1 aromatic carbocycles. The van der Waals surface area contributed by atoms with Crippen LogP contribution >= 0.6 is 11.3 Å². The number of methoxy groups -OCH3 is 2. The lowest BCUT2D eigenvalue weighted by Gasteiger charge is -2.33. The third kappa shape index (κ3) is 4.15. The lowest BCUT2D eigenvalue weighted by Crippen LogP contribution is -2.43. The smallest absolute Gasteiger partial charge is 0.225 e. The Morgan fingerprint density at radius 2 is 2.17 bits per heavy atom. The third-order valence-corrected chi connectivity index (χ3v) is 6.27. The molecule has 0 aliphatic carbocycles. The fraction of sp³-hybridized carbons (Fsp3) is 0.364. The molecule has 7 heteroatoms. The van der Waals surface area contributed by atoms with Crippen LogP contribution in [0.4, 0.5) is 5.82 Å². The minimum Gasteiger partial charge on any atom is -0.497 e. The Labute approximate surface area is 174 Å². The number of benzene rings is 1. The molecule has 6 nitrogen and oxygen atoms in total. The lowest BCUT2D eigenvalue weighted by atomic mass is 9.96. The zero-order valence-corrected chi connectivity index (χ0v) is 17.5. The van der Waals surface area contributed by atoms with Gasteiger partial charge in [-0.25, -0.2) is 4.98 Å². The van der Waals surface area contributed by atoms with Crippen molar-refractivity contribution < 1.29 is 14.3 Å². The number of piperidine rings is 1. The summed E-state index contributed by atoms with van der Waals surface area (Å²) in [6, 6.07) is 9.75. The molecular weight excluding hydrogens is 386 g/mol. The van der Waals surface area contributed by atoms with Gasteiger partial charge in [0.2, 0.25) is 5.91 Å². The van der Waals surface area contributed by atoms with Crippen LogP contribution in [0.2, 0.25) is 0 Å². The van der Waals surface area contributed by atoms with Crippen LogP contribution in [0.5, 0.6) is 11.5 Å². The maximum absolute atomic E-state index is 12.9. The maximum Gasteiger partial charge on any atom is 0.225 e. The molecule has 2 aromatic heterocycles. The van der Waals surface area contributed by atoms with E-state index in [0.29, 0.717) is 13.1 Å². The number of rotatable bonds is 6. The first-order valence-corrected chi connectivity index (χ1v) is 10.6. The number of nitrogens with one attached hydrogen (secondary N) is 1. The number of aromatic nitrogens is 1. The Bertz CT molecular complexity index is 1000. The summed E-state index contributed by atoms with van der Waals surface area (Å²) < 4.78 is 11.9. The summed E-state index contributed by atoms with van der Waals surface area (Å²) in [4.78, 5) is 19.7. The van der Waals surface area contributed by atoms with E-state index in [9.17, 15) is 4.79 Å². The molecule has 4 rings (SSSR count). The standard InChI is InChI=1S/C22H25N3O3S/c1-27-17-5-6-19(28-2)16(12-17)13-24-22(26)15-4-3-10-25(14-15)21-18-8-11-29-20(18)7-9-23-21/h5-9,11-12,15H,3-4,10,13-14H2,1-2H3,(H,24,26)/t15-/m1/s1. The first kappa shape index (κ1) is 19.5. The fourth-order valence-corrected chi connectivity index (χ4v) is 4.64. The molecule has 0 bridgehead atoms. The summed E-state index contributed by atoms with van der Waals surface area (Å²) in [6.07, 6.45) is 3.72. The zero-order chi connectivity index (χ0) is 20.2. The van der Waals surface area contributed by atoms with Gasteiger partial charge in [0.25, 0.3) is 0 Å². The second-order valence-electron chi connectivity index (χ2n) is 7.15. The molecule has 0 spiro atoms. The Morgan fingerprint density at radius 3 is 3.00 bits per heavy atom. The molecule has 0 radical (unpaired) electrons. The number of amides is 1. The number of pyridine rings is 1. The zero-order valence-electron chi connectivity index (χ0n) is 16.7. The predicted octanol–water partition coefficient (Wildman–Crippen LogP) is 3.85. The molecule has 1 saturated heterocycles. The van der Waals surface area contributed by atoms with Gasteiger partial charge >= 0.3 is 0 Å². The minimum atomic E-state index is -0.0592. The second-order valence-corrected chi connectivity index (χ2v) is 8.10. The van der Waals surface area contributed by atoms with Crippen LogP contribution in [0.15, 0.2) is 41.9 Å². The van der Waals surface area contributed by atoms with Crippen LogP contribution in [0.25, 0.3) is 10.1 Å². The molecule has 152 valence electrons. The number of fused-ring (bicyclic) bond motifs is 1. The van der Waals surface area contributed by atoms with E-state index < -0.39 is 0 Å². The first-order chi connectivity index (χ1) is 14.2. The van der Waals surface area contributed by atoms with Crippen LogP contribution in [-0.4, -0.2) is 38.2 Å². The quantitative estimate of drug-likeness (QED) is 0.668. The van der Waals surface area contributed by atoms with Gasteiger partial charge in [0, 0.05) is 41.5 Å². The van der Waals surface area contributed by atoms with Crippen molar-refractivity contribution in [2.75, 3.05) is 32.2 Å². The van der Waals surface area contributed by atoms with E-state index in [4.69, 9.17) is 9.47 Å². The van der Waals surface area contributed by atoms with Gasteiger partial charge in [-0.1, -0.05) is 0 Å². The Morgan fingerprint density at radius 1 is 1.28 bits per heavy atom. The van der Waals surface area contributed by atoms with Crippen LogP contribution in [0.1, 0.15) is 18.4 Å². The summed E-state index contributed by atoms with van der Waals surface area (Å²) in [5.74, 6) is 2.47. The molecule has 1 aliphatic heterocycles. The molecule has 1 N–H and O–H groups in total.